The van der Waals surface area contributed by atoms with Crippen LogP contribution in [-0.2, 0) is 35.5 Å². The molecule has 0 rings (SSSR count). The monoisotopic (exact) mass is 308 g/mol. The van der Waals surface area contributed by atoms with Gasteiger partial charge in [-0.2, -0.15) is 0 Å². The summed E-state index contributed by atoms with van der Waals surface area (Å²) in [5, 5.41) is 0. The Labute approximate surface area is 97.0 Å². The summed E-state index contributed by atoms with van der Waals surface area (Å²) in [7, 11) is 0. The molecule has 0 heterocycles. The van der Waals surface area contributed by atoms with Crippen LogP contribution in [0.15, 0.2) is 0 Å². The van der Waals surface area contributed by atoms with Gasteiger partial charge in [0.15, 0.2) is 0 Å². The van der Waals surface area contributed by atoms with Gasteiger partial charge in [-0.3, -0.25) is 0 Å². The third-order valence-electron chi connectivity index (χ3n) is 0. The molecule has 0 aromatic heterocycles. The van der Waals surface area contributed by atoms with Crippen LogP contribution in [0, 0.1) is 0 Å². The van der Waals surface area contributed by atoms with Crippen LogP contribution in [0.3, 0.4) is 0 Å². The second-order valence-corrected chi connectivity index (χ2v) is 2.47. The minimum atomic E-state index is -5.00. The molecule has 7 heavy (non-hydrogen) atoms. The molecule has 0 atom stereocenters. The van der Waals surface area contributed by atoms with Crippen molar-refractivity contribution in [2.75, 3.05) is 0 Å². The van der Waals surface area contributed by atoms with Crippen molar-refractivity contribution in [3.63, 3.8) is 0 Å². The summed E-state index contributed by atoms with van der Waals surface area (Å²) in [5.41, 5.74) is 0. The van der Waals surface area contributed by atoms with E-state index in [0.717, 1.165) is 0 Å². The van der Waals surface area contributed by atoms with Crippen LogP contribution < -0.4 is 0 Å². The van der Waals surface area contributed by atoms with Crippen LogP contribution in [0.1, 0.15) is 0 Å². The summed E-state index contributed by atoms with van der Waals surface area (Å²) < 4.78 is 29.5. The summed E-state index contributed by atoms with van der Waals surface area (Å²) in [6.07, 6.45) is 0. The molecule has 7 heteroatoms. The third-order valence-corrected chi connectivity index (χ3v) is 0. The van der Waals surface area contributed by atoms with E-state index in [1.54, 1.807) is 0 Å². The number of hydrogen-bond acceptors (Lipinski definition) is 4. The van der Waals surface area contributed by atoms with Gasteiger partial charge in [-0.15, -0.1) is 0 Å². The van der Waals surface area contributed by atoms with Gasteiger partial charge in [0.1, 0.15) is 0 Å². The molecule has 0 aromatic carbocycles. The molecule has 0 aliphatic heterocycles. The molecule has 0 aromatic rings. The maximum atomic E-state index is 7.38. The second-order valence-electron chi connectivity index (χ2n) is 0.600. The van der Waals surface area contributed by atoms with Crippen molar-refractivity contribution in [2.45, 2.75) is 0 Å². The molecule has 0 spiro atoms. The van der Waals surface area contributed by atoms with E-state index in [0.29, 0.717) is 0 Å². The van der Waals surface area contributed by atoms with Crippen molar-refractivity contribution in [1.29, 1.82) is 0 Å². The predicted octanol–water partition coefficient (Wildman–Crippen LogP) is -3.15. The molecule has 42 valence electrons. The quantitative estimate of drug-likeness (QED) is 0.356. The summed E-state index contributed by atoms with van der Waals surface area (Å²) in [6, 6.07) is 0. The van der Waals surface area contributed by atoms with Gasteiger partial charge in [0.25, 0.3) is 0 Å². The number of hydrogen-bond donors (Lipinski definition) is 4. The van der Waals surface area contributed by atoms with Gasteiger partial charge in [0.05, 0.1) is 0 Å². The molecule has 0 unspecified atom stereocenters. The van der Waals surface area contributed by atoms with Gasteiger partial charge in [-0.05, 0) is 0 Å². The molecule has 0 aliphatic rings. The van der Waals surface area contributed by atoms with Crippen molar-refractivity contribution in [3.8, 4) is 0 Å². The average molecular weight is 307 g/mol. The first-order valence-electron chi connectivity index (χ1n) is 0.894. The van der Waals surface area contributed by atoms with Crippen LogP contribution in [-0.4, -0.2) is 63.6 Å². The van der Waals surface area contributed by atoms with Crippen LogP contribution in [0.4, 0.5) is 0 Å². The molecule has 0 saturated carbocycles. The summed E-state index contributed by atoms with van der Waals surface area (Å²) in [4.78, 5) is 0. The van der Waals surface area contributed by atoms with Gasteiger partial charge in [-0.1, -0.05) is 0 Å². The molecule has 0 aliphatic carbocycles. The summed E-state index contributed by atoms with van der Waals surface area (Å²) >= 11 is -5.00. The molecule has 0 fully saturated rings. The molecule has 4 N–H and O–H groups in total. The fourth-order valence-electron chi connectivity index (χ4n) is 0. The SMILES string of the molecule is [BaH2].[Cr].[OH][Ti]([OH])([OH])[OH]. The zero-order valence-electron chi connectivity index (χ0n) is 2.70. The Hall–Kier alpha value is 2.66. The Balaban J connectivity index is -0.0000000800. The topological polar surface area (TPSA) is 80.9 Å². The van der Waals surface area contributed by atoms with Gasteiger partial charge >= 0.3 is 81.8 Å². The molecule has 4 nitrogen and oxygen atoms in total. The molecule has 0 radical (unpaired) electrons. The van der Waals surface area contributed by atoms with Crippen molar-refractivity contribution < 1.29 is 50.3 Å². The van der Waals surface area contributed by atoms with Crippen molar-refractivity contribution in [3.05, 3.63) is 0 Å². The number of rotatable bonds is 0. The third kappa shape index (κ3) is 54.3. The molecule has 0 amide bonds. The Morgan fingerprint density at radius 2 is 0.857 bits per heavy atom. The van der Waals surface area contributed by atoms with Crippen LogP contribution >= 0.6 is 0 Å². The Kier molecular flexibility index (Phi) is 15.8. The van der Waals surface area contributed by atoms with Crippen LogP contribution in [0.5, 0.6) is 0 Å². The fourth-order valence-corrected chi connectivity index (χ4v) is 0. The van der Waals surface area contributed by atoms with E-state index in [2.05, 4.69) is 0 Å². The van der Waals surface area contributed by atoms with E-state index in [4.69, 9.17) is 14.8 Å². The van der Waals surface area contributed by atoms with Gasteiger partial charge < -0.3 is 0 Å². The molecule has 0 bridgehead atoms. The van der Waals surface area contributed by atoms with Crippen molar-refractivity contribution in [2.24, 2.45) is 0 Å². The van der Waals surface area contributed by atoms with E-state index < -0.39 is 18.1 Å². The minimum absolute atomic E-state index is 0. The van der Waals surface area contributed by atoms with E-state index in [1.807, 2.05) is 0 Å². The van der Waals surface area contributed by atoms with E-state index >= 15 is 0 Å². The van der Waals surface area contributed by atoms with E-state index in [-0.39, 0.29) is 66.2 Å². The maximum absolute atomic E-state index is 7.38. The van der Waals surface area contributed by atoms with E-state index in [1.165, 1.54) is 0 Å². The Morgan fingerprint density at radius 3 is 0.857 bits per heavy atom. The van der Waals surface area contributed by atoms with Gasteiger partial charge in [0, 0.05) is 17.4 Å². The van der Waals surface area contributed by atoms with Gasteiger partial charge in [-0.25, -0.2) is 0 Å². The predicted molar refractivity (Wildman–Crippen MR) is 17.4 cm³/mol. The molecule has 0 saturated heterocycles. The Morgan fingerprint density at radius 1 is 0.857 bits per heavy atom. The average Bonchev–Trinajstić information content (AvgIpc) is 0.722. The van der Waals surface area contributed by atoms with Crippen LogP contribution in [0.25, 0.3) is 0 Å². The summed E-state index contributed by atoms with van der Waals surface area (Å²) in [5.74, 6) is 0. The van der Waals surface area contributed by atoms with Crippen LogP contribution in [0.2, 0.25) is 0 Å². The fraction of sp³-hybridized carbons (Fsp3) is 0. The summed E-state index contributed by atoms with van der Waals surface area (Å²) in [6.45, 7) is 0. The standard InChI is InChI=1S/Ba.Cr.4H2O.Ti.2H/h;;4*1H2;;;/q;;;;;;+4;;/p-4. The van der Waals surface area contributed by atoms with Gasteiger partial charge in [0.2, 0.25) is 0 Å². The zero-order valence-corrected chi connectivity index (χ0v) is 5.53. The van der Waals surface area contributed by atoms with Crippen molar-refractivity contribution in [1.82, 2.24) is 0 Å². The first-order chi connectivity index (χ1) is 2.00. The van der Waals surface area contributed by atoms with Crippen molar-refractivity contribution >= 4 is 48.9 Å². The first kappa shape index (κ1) is 16.3. The zero-order chi connectivity index (χ0) is 4.50. The Bertz CT molecular complexity index is 27.2. The molecular formula is H6BaCrO4Ti. The molecular weight excluding hydrogens is 301 g/mol. The first-order valence-corrected chi connectivity index (χ1v) is 3.69. The second kappa shape index (κ2) is 6.77. The normalized spacial score (nSPS) is 8.57. The van der Waals surface area contributed by atoms with E-state index in [9.17, 15) is 0 Å².